The lowest BCUT2D eigenvalue weighted by atomic mass is 10.6. The van der Waals surface area contributed by atoms with Crippen molar-refractivity contribution in [2.24, 2.45) is 0 Å². The number of likely N-dealkylation sites (N-methyl/N-ethyl adjacent to an activating group) is 1. The summed E-state index contributed by atoms with van der Waals surface area (Å²) in [4.78, 5) is 21.0. The van der Waals surface area contributed by atoms with Gasteiger partial charge in [-0.2, -0.15) is 0 Å². The van der Waals surface area contributed by atoms with E-state index in [0.29, 0.717) is 0 Å². The molecule has 1 heterocycles. The minimum absolute atomic E-state index is 0.187. The standard InChI is InChI=1S/C4H9N2O3PS/c1-6-3(10(8,9)11)2-5-4(6)7/h3H,2H2,1H3,(H,5,7)(H2,8,9,11). The first-order valence-electron chi connectivity index (χ1n) is 2.99. The molecule has 0 aromatic carbocycles. The lowest BCUT2D eigenvalue weighted by Gasteiger charge is -2.18. The first kappa shape index (κ1) is 8.90. The molecule has 64 valence electrons. The summed E-state index contributed by atoms with van der Waals surface area (Å²) in [6.45, 7) is -3.28. The predicted octanol–water partition coefficient (Wildman–Crippen LogP) is 0.0827. The number of rotatable bonds is 1. The zero-order chi connectivity index (χ0) is 8.65. The molecule has 2 amide bonds. The monoisotopic (exact) mass is 196 g/mol. The maximum absolute atomic E-state index is 11.0. The molecule has 1 aliphatic rings. The van der Waals surface area contributed by atoms with Gasteiger partial charge >= 0.3 is 6.03 Å². The Balaban J connectivity index is 2.78. The van der Waals surface area contributed by atoms with Crippen LogP contribution in [0.25, 0.3) is 0 Å². The van der Waals surface area contributed by atoms with Gasteiger partial charge in [0.05, 0.1) is 0 Å². The van der Waals surface area contributed by atoms with Gasteiger partial charge in [0.25, 0.3) is 6.57 Å². The average Bonchev–Trinajstić information content (AvgIpc) is 2.11. The summed E-state index contributed by atoms with van der Waals surface area (Å²) in [5.41, 5.74) is 0. The number of nitrogens with zero attached hydrogens (tertiary/aromatic N) is 1. The molecule has 2 N–H and O–H groups in total. The van der Waals surface area contributed by atoms with Crippen molar-refractivity contribution in [3.63, 3.8) is 0 Å². The van der Waals surface area contributed by atoms with Crippen LogP contribution in [0.3, 0.4) is 0 Å². The highest BCUT2D eigenvalue weighted by atomic mass is 32.7. The Kier molecular flexibility index (Phi) is 2.18. The van der Waals surface area contributed by atoms with Crippen molar-refractivity contribution < 1.29 is 14.3 Å². The van der Waals surface area contributed by atoms with Crippen molar-refractivity contribution in [3.8, 4) is 0 Å². The molecular weight excluding hydrogens is 187 g/mol. The quantitative estimate of drug-likeness (QED) is 0.411. The number of carbonyl (C=O) groups excluding carboxylic acids is 1. The number of hydrogen-bond donors (Lipinski definition) is 3. The van der Waals surface area contributed by atoms with Crippen molar-refractivity contribution in [2.45, 2.75) is 5.78 Å². The summed E-state index contributed by atoms with van der Waals surface area (Å²) in [5, 5.41) is 2.43. The van der Waals surface area contributed by atoms with Crippen LogP contribution in [0, 0.1) is 0 Å². The SMILES string of the molecule is CN1C(=O)NCC1P(=O)(O)S. The van der Waals surface area contributed by atoms with E-state index in [0.717, 1.165) is 0 Å². The fraction of sp³-hybridized carbons (Fsp3) is 0.750. The molecule has 0 aromatic heterocycles. The summed E-state index contributed by atoms with van der Waals surface area (Å²) in [5.74, 6) is -0.696. The number of urea groups is 1. The van der Waals surface area contributed by atoms with E-state index in [9.17, 15) is 9.36 Å². The van der Waals surface area contributed by atoms with Gasteiger partial charge in [0.1, 0.15) is 5.78 Å². The highest BCUT2D eigenvalue weighted by Gasteiger charge is 2.38. The van der Waals surface area contributed by atoms with Gasteiger partial charge < -0.3 is 15.1 Å². The van der Waals surface area contributed by atoms with E-state index in [2.05, 4.69) is 17.6 Å². The van der Waals surface area contributed by atoms with Crippen LogP contribution in [0.15, 0.2) is 0 Å². The highest BCUT2D eigenvalue weighted by molar-refractivity contribution is 8.46. The fourth-order valence-corrected chi connectivity index (χ4v) is 2.52. The number of nitrogens with one attached hydrogen (secondary N) is 1. The third kappa shape index (κ3) is 1.69. The maximum atomic E-state index is 11.0. The second-order valence-corrected chi connectivity index (χ2v) is 5.86. The normalized spacial score (nSPS) is 29.9. The molecule has 0 bridgehead atoms. The minimum Gasteiger partial charge on any atom is -0.336 e. The molecule has 0 saturated carbocycles. The summed E-state index contributed by atoms with van der Waals surface area (Å²) < 4.78 is 11.0. The van der Waals surface area contributed by atoms with Gasteiger partial charge in [-0.05, 0) is 0 Å². The molecule has 2 unspecified atom stereocenters. The Morgan fingerprint density at radius 1 is 1.91 bits per heavy atom. The molecule has 11 heavy (non-hydrogen) atoms. The molecule has 1 aliphatic heterocycles. The predicted molar refractivity (Wildman–Crippen MR) is 43.8 cm³/mol. The van der Waals surface area contributed by atoms with Crippen molar-refractivity contribution in [1.29, 1.82) is 0 Å². The lowest BCUT2D eigenvalue weighted by molar-refractivity contribution is 0.222. The number of amides is 2. The largest absolute Gasteiger partial charge is 0.336 e. The van der Waals surface area contributed by atoms with Crippen LogP contribution in [0.1, 0.15) is 0 Å². The third-order valence-corrected chi connectivity index (χ3v) is 3.70. The fourth-order valence-electron chi connectivity index (χ4n) is 0.920. The van der Waals surface area contributed by atoms with Gasteiger partial charge in [-0.3, -0.25) is 4.57 Å². The minimum atomic E-state index is -3.47. The Morgan fingerprint density at radius 2 is 2.45 bits per heavy atom. The van der Waals surface area contributed by atoms with Crippen LogP contribution in [0.4, 0.5) is 4.79 Å². The van der Waals surface area contributed by atoms with Crippen molar-refractivity contribution in [2.75, 3.05) is 13.6 Å². The third-order valence-electron chi connectivity index (χ3n) is 1.59. The zero-order valence-electron chi connectivity index (χ0n) is 5.89. The molecule has 0 spiro atoms. The Bertz CT molecular complexity index is 227. The number of thiol groups is 1. The molecule has 0 aromatic rings. The van der Waals surface area contributed by atoms with E-state index in [1.54, 1.807) is 0 Å². The van der Waals surface area contributed by atoms with Crippen molar-refractivity contribution >= 4 is 24.9 Å². The van der Waals surface area contributed by atoms with Crippen LogP contribution in [0.2, 0.25) is 0 Å². The van der Waals surface area contributed by atoms with E-state index in [1.165, 1.54) is 11.9 Å². The Morgan fingerprint density at radius 3 is 2.64 bits per heavy atom. The first-order chi connectivity index (χ1) is 4.93. The second-order valence-electron chi connectivity index (χ2n) is 2.37. The average molecular weight is 196 g/mol. The van der Waals surface area contributed by atoms with Crippen LogP contribution in [0.5, 0.6) is 0 Å². The highest BCUT2D eigenvalue weighted by Crippen LogP contribution is 2.52. The van der Waals surface area contributed by atoms with Gasteiger partial charge in [-0.15, -0.1) is 0 Å². The van der Waals surface area contributed by atoms with Crippen LogP contribution >= 0.6 is 18.8 Å². The smallest absolute Gasteiger partial charge is 0.318 e. The van der Waals surface area contributed by atoms with Gasteiger partial charge in [0.15, 0.2) is 0 Å². The Hall–Kier alpha value is -0.190. The van der Waals surface area contributed by atoms with Crippen molar-refractivity contribution in [3.05, 3.63) is 0 Å². The molecule has 1 rings (SSSR count). The number of hydrogen-bond acceptors (Lipinski definition) is 2. The zero-order valence-corrected chi connectivity index (χ0v) is 7.68. The van der Waals surface area contributed by atoms with Crippen molar-refractivity contribution in [1.82, 2.24) is 10.2 Å². The molecule has 1 fully saturated rings. The molecular formula is C4H9N2O3PS. The summed E-state index contributed by atoms with van der Waals surface area (Å²) in [6, 6.07) is -0.335. The molecule has 2 atom stereocenters. The lowest BCUT2D eigenvalue weighted by Crippen LogP contribution is -2.28. The Labute approximate surface area is 69.4 Å². The molecule has 5 nitrogen and oxygen atoms in total. The van der Waals surface area contributed by atoms with E-state index in [-0.39, 0.29) is 12.6 Å². The van der Waals surface area contributed by atoms with Crippen LogP contribution in [-0.2, 0) is 4.57 Å². The van der Waals surface area contributed by atoms with E-state index in [4.69, 9.17) is 4.89 Å². The van der Waals surface area contributed by atoms with Gasteiger partial charge in [0.2, 0.25) is 0 Å². The summed E-state index contributed by atoms with van der Waals surface area (Å²) in [6.07, 6.45) is 0. The van der Waals surface area contributed by atoms with E-state index >= 15 is 0 Å². The molecule has 7 heteroatoms. The van der Waals surface area contributed by atoms with Crippen LogP contribution in [-0.4, -0.2) is 35.2 Å². The van der Waals surface area contributed by atoms with Gasteiger partial charge in [-0.1, -0.05) is 12.2 Å². The van der Waals surface area contributed by atoms with Gasteiger partial charge in [0, 0.05) is 13.6 Å². The topological polar surface area (TPSA) is 69.6 Å². The summed E-state index contributed by atoms with van der Waals surface area (Å²) >= 11 is 3.53. The van der Waals surface area contributed by atoms with E-state index < -0.39 is 12.4 Å². The first-order valence-corrected chi connectivity index (χ1v) is 5.87. The second kappa shape index (κ2) is 2.69. The summed E-state index contributed by atoms with van der Waals surface area (Å²) in [7, 11) is 1.46. The molecule has 0 radical (unpaired) electrons. The molecule has 1 saturated heterocycles. The molecule has 0 aliphatic carbocycles. The van der Waals surface area contributed by atoms with Crippen LogP contribution < -0.4 is 5.32 Å². The maximum Gasteiger partial charge on any atom is 0.318 e. The van der Waals surface area contributed by atoms with E-state index in [1.807, 2.05) is 0 Å². The van der Waals surface area contributed by atoms with Gasteiger partial charge in [-0.25, -0.2) is 4.79 Å². The number of carbonyl (C=O) groups is 1.